The van der Waals surface area contributed by atoms with Gasteiger partial charge in [0.25, 0.3) is 15.9 Å². The molecule has 0 unspecified atom stereocenters. The van der Waals surface area contributed by atoms with Crippen molar-refractivity contribution in [1.29, 1.82) is 0 Å². The number of ether oxygens (including phenoxy) is 1. The van der Waals surface area contributed by atoms with Crippen molar-refractivity contribution >= 4 is 49.0 Å². The standard InChI is InChI=1S/C20H21ClN2O7S2/c1-23(15-5-3-2-4-6-15)32(28,29)16-7-8-18(21)17(11-16)20(25)30-12-19(24)22-14-9-10-31(26,27)13-14/h2-8,11,14H,9-10,12-13H2,1H3,(H,22,24)/t14-/m0/s1. The molecule has 2 aromatic carbocycles. The van der Waals surface area contributed by atoms with Gasteiger partial charge in [0.05, 0.1) is 32.7 Å². The average Bonchev–Trinajstić information content (AvgIpc) is 3.10. The van der Waals surface area contributed by atoms with Crippen LogP contribution in [0.25, 0.3) is 0 Å². The number of sulfonamides is 1. The lowest BCUT2D eigenvalue weighted by Crippen LogP contribution is -2.38. The van der Waals surface area contributed by atoms with Crippen molar-refractivity contribution in [1.82, 2.24) is 5.32 Å². The van der Waals surface area contributed by atoms with Crippen molar-refractivity contribution in [3.05, 3.63) is 59.1 Å². The molecule has 1 amide bonds. The highest BCUT2D eigenvalue weighted by Crippen LogP contribution is 2.26. The van der Waals surface area contributed by atoms with Gasteiger partial charge in [0.1, 0.15) is 0 Å². The third-order valence-electron chi connectivity index (χ3n) is 4.87. The largest absolute Gasteiger partial charge is 0.452 e. The van der Waals surface area contributed by atoms with Crippen LogP contribution < -0.4 is 9.62 Å². The van der Waals surface area contributed by atoms with Gasteiger partial charge in [-0.15, -0.1) is 0 Å². The summed E-state index contributed by atoms with van der Waals surface area (Å²) < 4.78 is 54.8. The van der Waals surface area contributed by atoms with Crippen molar-refractivity contribution in [3.63, 3.8) is 0 Å². The average molecular weight is 501 g/mol. The Hall–Kier alpha value is -2.63. The first-order valence-electron chi connectivity index (χ1n) is 9.50. The van der Waals surface area contributed by atoms with Gasteiger partial charge in [0, 0.05) is 13.1 Å². The molecule has 1 aliphatic rings. The number of nitrogens with one attached hydrogen (secondary N) is 1. The number of esters is 1. The lowest BCUT2D eigenvalue weighted by atomic mass is 10.2. The van der Waals surface area contributed by atoms with Crippen molar-refractivity contribution in [2.45, 2.75) is 17.4 Å². The number of carbonyl (C=O) groups is 2. The first-order chi connectivity index (χ1) is 15.0. The number of anilines is 1. The molecule has 0 aromatic heterocycles. The highest BCUT2D eigenvalue weighted by Gasteiger charge is 2.29. The van der Waals surface area contributed by atoms with E-state index >= 15 is 0 Å². The molecule has 1 fully saturated rings. The Morgan fingerprint density at radius 2 is 1.88 bits per heavy atom. The van der Waals surface area contributed by atoms with E-state index in [0.29, 0.717) is 12.1 Å². The predicted octanol–water partition coefficient (Wildman–Crippen LogP) is 1.63. The summed E-state index contributed by atoms with van der Waals surface area (Å²) in [5, 5.41) is 2.45. The van der Waals surface area contributed by atoms with Crippen LogP contribution in [-0.2, 0) is 29.4 Å². The molecule has 3 rings (SSSR count). The maximum Gasteiger partial charge on any atom is 0.340 e. The van der Waals surface area contributed by atoms with E-state index in [0.717, 1.165) is 10.4 Å². The summed E-state index contributed by atoms with van der Waals surface area (Å²) in [6.45, 7) is -0.660. The van der Waals surface area contributed by atoms with Crippen LogP contribution in [-0.4, -0.2) is 59.9 Å². The molecule has 0 saturated carbocycles. The van der Waals surface area contributed by atoms with Crippen LogP contribution in [0.4, 0.5) is 5.69 Å². The molecule has 172 valence electrons. The molecular formula is C20H21ClN2O7S2. The molecule has 1 N–H and O–H groups in total. The van der Waals surface area contributed by atoms with Gasteiger partial charge in [-0.1, -0.05) is 29.8 Å². The van der Waals surface area contributed by atoms with E-state index in [9.17, 15) is 26.4 Å². The molecule has 1 heterocycles. The molecule has 9 nitrogen and oxygen atoms in total. The first kappa shape index (κ1) is 24.0. The normalized spacial score (nSPS) is 17.5. The SMILES string of the molecule is CN(c1ccccc1)S(=O)(=O)c1ccc(Cl)c(C(=O)OCC(=O)N[C@H]2CCS(=O)(=O)C2)c1. The highest BCUT2D eigenvalue weighted by molar-refractivity contribution is 7.92. The van der Waals surface area contributed by atoms with Gasteiger partial charge >= 0.3 is 5.97 Å². The van der Waals surface area contributed by atoms with Crippen LogP contribution in [0.15, 0.2) is 53.4 Å². The van der Waals surface area contributed by atoms with Crippen LogP contribution in [0, 0.1) is 0 Å². The number of para-hydroxylation sites is 1. The van der Waals surface area contributed by atoms with Crippen molar-refractivity contribution in [3.8, 4) is 0 Å². The van der Waals surface area contributed by atoms with Crippen LogP contribution in [0.2, 0.25) is 5.02 Å². The maximum absolute atomic E-state index is 12.9. The summed E-state index contributed by atoms with van der Waals surface area (Å²) in [7, 11) is -5.78. The van der Waals surface area contributed by atoms with E-state index < -0.39 is 44.4 Å². The minimum absolute atomic E-state index is 0.00790. The number of hydrogen-bond donors (Lipinski definition) is 1. The van der Waals surface area contributed by atoms with Gasteiger partial charge in [-0.3, -0.25) is 9.10 Å². The molecule has 32 heavy (non-hydrogen) atoms. The Morgan fingerprint density at radius 1 is 1.19 bits per heavy atom. The van der Waals surface area contributed by atoms with Crippen molar-refractivity contribution in [2.75, 3.05) is 29.5 Å². The predicted molar refractivity (Wildman–Crippen MR) is 119 cm³/mol. The minimum atomic E-state index is -3.99. The molecule has 2 aromatic rings. The molecule has 0 aliphatic carbocycles. The van der Waals surface area contributed by atoms with E-state index in [-0.39, 0.29) is 27.0 Å². The number of hydrogen-bond acceptors (Lipinski definition) is 7. The fraction of sp³-hybridized carbons (Fsp3) is 0.300. The Bertz CT molecular complexity index is 1230. The molecule has 1 saturated heterocycles. The van der Waals surface area contributed by atoms with Crippen molar-refractivity contribution in [2.24, 2.45) is 0 Å². The zero-order valence-corrected chi connectivity index (χ0v) is 19.4. The third kappa shape index (κ3) is 5.59. The fourth-order valence-electron chi connectivity index (χ4n) is 3.14. The Morgan fingerprint density at radius 3 is 2.50 bits per heavy atom. The summed E-state index contributed by atoms with van der Waals surface area (Å²) >= 11 is 6.05. The smallest absolute Gasteiger partial charge is 0.340 e. The van der Waals surface area contributed by atoms with Gasteiger partial charge in [0.2, 0.25) is 0 Å². The number of carbonyl (C=O) groups excluding carboxylic acids is 2. The highest BCUT2D eigenvalue weighted by atomic mass is 35.5. The summed E-state index contributed by atoms with van der Waals surface area (Å²) in [6, 6.07) is 11.5. The van der Waals surface area contributed by atoms with E-state index in [1.165, 1.54) is 19.2 Å². The monoisotopic (exact) mass is 500 g/mol. The van der Waals surface area contributed by atoms with Gasteiger partial charge < -0.3 is 10.1 Å². The summed E-state index contributed by atoms with van der Waals surface area (Å²) in [4.78, 5) is 24.2. The Balaban J connectivity index is 1.69. The van der Waals surface area contributed by atoms with Gasteiger partial charge in [0.15, 0.2) is 16.4 Å². The number of nitrogens with zero attached hydrogens (tertiary/aromatic N) is 1. The van der Waals surface area contributed by atoms with Crippen LogP contribution in [0.5, 0.6) is 0 Å². The minimum Gasteiger partial charge on any atom is -0.452 e. The molecule has 0 bridgehead atoms. The van der Waals surface area contributed by atoms with Crippen LogP contribution >= 0.6 is 11.6 Å². The van der Waals surface area contributed by atoms with E-state index in [2.05, 4.69) is 5.32 Å². The zero-order chi connectivity index (χ0) is 23.5. The summed E-state index contributed by atoms with van der Waals surface area (Å²) in [5.41, 5.74) is 0.211. The Kier molecular flexibility index (Phi) is 7.11. The molecule has 0 radical (unpaired) electrons. The molecular weight excluding hydrogens is 480 g/mol. The van der Waals surface area contributed by atoms with Gasteiger partial charge in [-0.2, -0.15) is 0 Å². The quantitative estimate of drug-likeness (QED) is 0.572. The van der Waals surface area contributed by atoms with Gasteiger partial charge in [-0.25, -0.2) is 21.6 Å². The van der Waals surface area contributed by atoms with Crippen LogP contribution in [0.1, 0.15) is 16.8 Å². The number of sulfone groups is 1. The topological polar surface area (TPSA) is 127 Å². The number of benzene rings is 2. The number of halogens is 1. The lowest BCUT2D eigenvalue weighted by Gasteiger charge is -2.20. The summed E-state index contributed by atoms with van der Waals surface area (Å²) in [6.07, 6.45) is 0.294. The second-order valence-electron chi connectivity index (χ2n) is 7.19. The molecule has 1 aliphatic heterocycles. The van der Waals surface area contributed by atoms with Gasteiger partial charge in [-0.05, 0) is 36.8 Å². The first-order valence-corrected chi connectivity index (χ1v) is 13.1. The fourth-order valence-corrected chi connectivity index (χ4v) is 6.23. The molecule has 0 spiro atoms. The lowest BCUT2D eigenvalue weighted by molar-refractivity contribution is -0.124. The summed E-state index contributed by atoms with van der Waals surface area (Å²) in [5.74, 6) is -1.81. The van der Waals surface area contributed by atoms with E-state index in [1.807, 2.05) is 0 Å². The van der Waals surface area contributed by atoms with E-state index in [4.69, 9.17) is 16.3 Å². The third-order valence-corrected chi connectivity index (χ3v) is 8.75. The molecule has 12 heteroatoms. The number of rotatable bonds is 7. The molecule has 1 atom stereocenters. The second kappa shape index (κ2) is 9.47. The second-order valence-corrected chi connectivity index (χ2v) is 11.8. The Labute approximate surface area is 191 Å². The van der Waals surface area contributed by atoms with E-state index in [1.54, 1.807) is 30.3 Å². The van der Waals surface area contributed by atoms with Crippen molar-refractivity contribution < 1.29 is 31.2 Å². The van der Waals surface area contributed by atoms with Crippen LogP contribution in [0.3, 0.4) is 0 Å². The zero-order valence-electron chi connectivity index (χ0n) is 17.0. The number of amides is 1. The maximum atomic E-state index is 12.9.